The molecule has 1 N–H and O–H groups in total. The van der Waals surface area contributed by atoms with Gasteiger partial charge in [-0.15, -0.1) is 0 Å². The monoisotopic (exact) mass is 390 g/mol. The second kappa shape index (κ2) is 6.82. The summed E-state index contributed by atoms with van der Waals surface area (Å²) in [5.41, 5.74) is 4.04. The first-order chi connectivity index (χ1) is 14.3. The van der Waals surface area contributed by atoms with E-state index in [1.54, 1.807) is 6.20 Å². The van der Waals surface area contributed by atoms with Crippen molar-refractivity contribution in [1.29, 1.82) is 0 Å². The van der Waals surface area contributed by atoms with Crippen LogP contribution in [0.4, 0.5) is 5.69 Å². The van der Waals surface area contributed by atoms with Gasteiger partial charge in [0.15, 0.2) is 5.82 Å². The molecule has 3 aliphatic rings. The van der Waals surface area contributed by atoms with Crippen LogP contribution in [0.25, 0.3) is 17.1 Å². The first-order valence-corrected chi connectivity index (χ1v) is 10.1. The fraction of sp³-hybridized carbons (Fsp3) is 0.381. The second-order valence-corrected chi connectivity index (χ2v) is 7.80. The Kier molecular flexibility index (Phi) is 3.98. The highest BCUT2D eigenvalue weighted by atomic mass is 16.5. The topological polar surface area (TPSA) is 77.3 Å². The van der Waals surface area contributed by atoms with Gasteiger partial charge in [0.05, 0.1) is 36.7 Å². The molecule has 3 aromatic heterocycles. The highest BCUT2D eigenvalue weighted by Gasteiger charge is 2.28. The van der Waals surface area contributed by atoms with Gasteiger partial charge in [0, 0.05) is 37.1 Å². The number of ether oxygens (including phenoxy) is 2. The summed E-state index contributed by atoms with van der Waals surface area (Å²) < 4.78 is 12.8. The van der Waals surface area contributed by atoms with Crippen LogP contribution in [0.5, 0.6) is 5.88 Å². The SMILES string of the molecule is c1cnc2c(c1)-c1nn(-c3ccc(N4CCC(NC5COC5)C4)cn3)cc1CO2. The maximum atomic E-state index is 5.73. The third-order valence-corrected chi connectivity index (χ3v) is 5.81. The summed E-state index contributed by atoms with van der Waals surface area (Å²) >= 11 is 0. The van der Waals surface area contributed by atoms with Crippen molar-refractivity contribution in [2.45, 2.75) is 25.1 Å². The number of hydrogen-bond acceptors (Lipinski definition) is 7. The van der Waals surface area contributed by atoms with E-state index in [-0.39, 0.29) is 0 Å². The van der Waals surface area contributed by atoms with Gasteiger partial charge in [-0.2, -0.15) is 5.10 Å². The predicted octanol–water partition coefficient (Wildman–Crippen LogP) is 1.79. The minimum atomic E-state index is 0.478. The lowest BCUT2D eigenvalue weighted by molar-refractivity contribution is -0.00895. The summed E-state index contributed by atoms with van der Waals surface area (Å²) in [6, 6.07) is 9.09. The van der Waals surface area contributed by atoms with E-state index in [2.05, 4.69) is 26.3 Å². The van der Waals surface area contributed by atoms with Crippen molar-refractivity contribution in [2.75, 3.05) is 31.2 Å². The lowest BCUT2D eigenvalue weighted by atomic mass is 10.1. The fourth-order valence-electron chi connectivity index (χ4n) is 4.19. The summed E-state index contributed by atoms with van der Waals surface area (Å²) in [4.78, 5) is 11.3. The smallest absolute Gasteiger partial charge is 0.223 e. The van der Waals surface area contributed by atoms with E-state index >= 15 is 0 Å². The molecular weight excluding hydrogens is 368 g/mol. The second-order valence-electron chi connectivity index (χ2n) is 7.80. The Morgan fingerprint density at radius 3 is 2.90 bits per heavy atom. The molecule has 0 aliphatic carbocycles. The lowest BCUT2D eigenvalue weighted by Crippen LogP contribution is -2.51. The number of nitrogens with one attached hydrogen (secondary N) is 1. The Morgan fingerprint density at radius 2 is 2.07 bits per heavy atom. The van der Waals surface area contributed by atoms with E-state index in [1.807, 2.05) is 35.3 Å². The first-order valence-electron chi connectivity index (χ1n) is 10.1. The molecule has 8 heteroatoms. The Hall–Kier alpha value is -2.97. The van der Waals surface area contributed by atoms with Crippen molar-refractivity contribution < 1.29 is 9.47 Å². The zero-order chi connectivity index (χ0) is 19.2. The van der Waals surface area contributed by atoms with Gasteiger partial charge in [-0.25, -0.2) is 14.6 Å². The maximum absolute atomic E-state index is 5.73. The predicted molar refractivity (Wildman–Crippen MR) is 107 cm³/mol. The van der Waals surface area contributed by atoms with E-state index in [1.165, 1.54) is 0 Å². The van der Waals surface area contributed by atoms with E-state index in [0.717, 1.165) is 61.1 Å². The van der Waals surface area contributed by atoms with Crippen LogP contribution in [-0.2, 0) is 11.3 Å². The number of hydrogen-bond donors (Lipinski definition) is 1. The van der Waals surface area contributed by atoms with Gasteiger partial charge in [0.2, 0.25) is 5.88 Å². The molecule has 0 spiro atoms. The van der Waals surface area contributed by atoms with Crippen LogP contribution in [0.2, 0.25) is 0 Å². The van der Waals surface area contributed by atoms with Crippen molar-refractivity contribution in [3.8, 4) is 23.0 Å². The molecule has 148 valence electrons. The third-order valence-electron chi connectivity index (χ3n) is 5.81. The maximum Gasteiger partial charge on any atom is 0.223 e. The van der Waals surface area contributed by atoms with Crippen molar-refractivity contribution in [3.63, 3.8) is 0 Å². The number of rotatable bonds is 4. The molecule has 0 radical (unpaired) electrons. The molecule has 0 amide bonds. The number of nitrogens with zero attached hydrogens (tertiary/aromatic N) is 5. The van der Waals surface area contributed by atoms with Gasteiger partial charge in [-0.3, -0.25) is 0 Å². The van der Waals surface area contributed by atoms with Crippen molar-refractivity contribution >= 4 is 5.69 Å². The van der Waals surface area contributed by atoms with Crippen LogP contribution in [0.1, 0.15) is 12.0 Å². The van der Waals surface area contributed by atoms with Crippen LogP contribution >= 0.6 is 0 Å². The zero-order valence-electron chi connectivity index (χ0n) is 16.0. The highest BCUT2D eigenvalue weighted by Crippen LogP contribution is 2.34. The Labute approximate surface area is 168 Å². The number of anilines is 1. The molecule has 1 atom stereocenters. The molecule has 6 heterocycles. The molecule has 0 aromatic carbocycles. The summed E-state index contributed by atoms with van der Waals surface area (Å²) in [6.07, 6.45) is 6.82. The van der Waals surface area contributed by atoms with Crippen LogP contribution in [0.3, 0.4) is 0 Å². The van der Waals surface area contributed by atoms with Gasteiger partial charge in [0.25, 0.3) is 0 Å². The standard InChI is InChI=1S/C21H22N6O2/c1-2-18-20-14(11-29-21(18)22-6-1)9-27(25-20)19-4-3-17(8-23-19)26-7-5-15(10-26)24-16-12-28-13-16/h1-4,6,8-9,15-16,24H,5,7,10-13H2. The zero-order valence-corrected chi connectivity index (χ0v) is 16.0. The van der Waals surface area contributed by atoms with Crippen molar-refractivity contribution in [2.24, 2.45) is 0 Å². The van der Waals surface area contributed by atoms with Crippen LogP contribution < -0.4 is 15.0 Å². The molecular formula is C21H22N6O2. The van der Waals surface area contributed by atoms with Gasteiger partial charge in [-0.1, -0.05) is 0 Å². The number of aromatic nitrogens is 4. The quantitative estimate of drug-likeness (QED) is 0.728. The molecule has 3 aromatic rings. The largest absolute Gasteiger partial charge is 0.472 e. The first kappa shape index (κ1) is 16.9. The van der Waals surface area contributed by atoms with E-state index < -0.39 is 0 Å². The summed E-state index contributed by atoms with van der Waals surface area (Å²) in [7, 11) is 0. The summed E-state index contributed by atoms with van der Waals surface area (Å²) in [5.74, 6) is 1.44. The van der Waals surface area contributed by atoms with E-state index in [9.17, 15) is 0 Å². The van der Waals surface area contributed by atoms with Crippen molar-refractivity contribution in [3.05, 3.63) is 48.4 Å². The van der Waals surface area contributed by atoms with Gasteiger partial charge < -0.3 is 19.7 Å². The minimum absolute atomic E-state index is 0.478. The number of fused-ring (bicyclic) bond motifs is 3. The van der Waals surface area contributed by atoms with E-state index in [4.69, 9.17) is 14.6 Å². The average molecular weight is 390 g/mol. The summed E-state index contributed by atoms with van der Waals surface area (Å²) in [6.45, 7) is 4.21. The fourth-order valence-corrected chi connectivity index (χ4v) is 4.19. The minimum Gasteiger partial charge on any atom is -0.472 e. The molecule has 29 heavy (non-hydrogen) atoms. The molecule has 8 nitrogen and oxygen atoms in total. The molecule has 3 aliphatic heterocycles. The Morgan fingerprint density at radius 1 is 1.10 bits per heavy atom. The molecule has 2 saturated heterocycles. The van der Waals surface area contributed by atoms with Crippen LogP contribution in [-0.4, -0.2) is 58.1 Å². The van der Waals surface area contributed by atoms with Gasteiger partial charge >= 0.3 is 0 Å². The van der Waals surface area contributed by atoms with Crippen LogP contribution in [0.15, 0.2) is 42.9 Å². The summed E-state index contributed by atoms with van der Waals surface area (Å²) in [5, 5.41) is 8.42. The Bertz CT molecular complexity index is 1030. The molecule has 6 rings (SSSR count). The molecule has 0 saturated carbocycles. The van der Waals surface area contributed by atoms with Gasteiger partial charge in [0.1, 0.15) is 12.3 Å². The van der Waals surface area contributed by atoms with E-state index in [0.29, 0.717) is 24.6 Å². The normalized spacial score (nSPS) is 20.7. The van der Waals surface area contributed by atoms with Crippen molar-refractivity contribution in [1.82, 2.24) is 25.1 Å². The lowest BCUT2D eigenvalue weighted by Gasteiger charge is -2.30. The molecule has 2 fully saturated rings. The average Bonchev–Trinajstić information content (AvgIpc) is 3.38. The Balaban J connectivity index is 1.19. The number of pyridine rings is 2. The molecule has 0 bridgehead atoms. The van der Waals surface area contributed by atoms with Gasteiger partial charge in [-0.05, 0) is 30.7 Å². The third kappa shape index (κ3) is 3.04. The highest BCUT2D eigenvalue weighted by molar-refractivity contribution is 5.69. The molecule has 1 unspecified atom stereocenters. The van der Waals surface area contributed by atoms with Crippen LogP contribution in [0, 0.1) is 0 Å².